The highest BCUT2D eigenvalue weighted by Gasteiger charge is 2.19. The number of carboxylic acids is 1. The Morgan fingerprint density at radius 2 is 1.36 bits per heavy atom. The van der Waals surface area contributed by atoms with Crippen LogP contribution in [-0.2, 0) is 19.1 Å². The van der Waals surface area contributed by atoms with Gasteiger partial charge in [-0.2, -0.15) is 0 Å². The summed E-state index contributed by atoms with van der Waals surface area (Å²) in [5.74, 6) is -2.10. The number of carbonyl (C=O) groups is 2. The van der Waals surface area contributed by atoms with Gasteiger partial charge in [0.2, 0.25) is 0 Å². The zero-order valence-corrected chi connectivity index (χ0v) is 15.8. The van der Waals surface area contributed by atoms with Crippen LogP contribution in [-0.4, -0.2) is 71.5 Å². The van der Waals surface area contributed by atoms with E-state index in [1.54, 1.807) is 6.92 Å². The number of aliphatic hydroxyl groups is 3. The number of aliphatic carboxylic acids is 1. The summed E-state index contributed by atoms with van der Waals surface area (Å²) < 4.78 is 9.33. The smallest absolute Gasteiger partial charge is 0.335 e. The second-order valence-electron chi connectivity index (χ2n) is 3.51. The van der Waals surface area contributed by atoms with E-state index in [1.165, 1.54) is 0 Å². The second kappa shape index (κ2) is 38.1. The third-order valence-electron chi connectivity index (χ3n) is 1.60. The van der Waals surface area contributed by atoms with Gasteiger partial charge in [-0.25, -0.2) is 4.79 Å². The van der Waals surface area contributed by atoms with Crippen molar-refractivity contribution in [2.45, 2.75) is 39.7 Å². The van der Waals surface area contributed by atoms with Crippen LogP contribution in [0.2, 0.25) is 0 Å². The van der Waals surface area contributed by atoms with Crippen molar-refractivity contribution in [1.82, 2.24) is 0 Å². The fraction of sp³-hybridized carbons (Fsp3) is 0.647. The monoisotopic (exact) mass is 368 g/mol. The van der Waals surface area contributed by atoms with E-state index in [1.807, 2.05) is 13.8 Å². The summed E-state index contributed by atoms with van der Waals surface area (Å²) in [6.45, 7) is 19.4. The van der Waals surface area contributed by atoms with Crippen molar-refractivity contribution in [3.05, 3.63) is 26.3 Å². The van der Waals surface area contributed by atoms with E-state index in [0.29, 0.717) is 6.42 Å². The Labute approximate surface area is 151 Å². The van der Waals surface area contributed by atoms with Crippen LogP contribution in [0.3, 0.4) is 0 Å². The Hall–Kier alpha value is -1.74. The number of hydrogen-bond donors (Lipinski definition) is 4. The summed E-state index contributed by atoms with van der Waals surface area (Å²) in [5, 5.41) is 32.3. The maximum Gasteiger partial charge on any atom is 0.335 e. The molecule has 0 aliphatic carbocycles. The average molecular weight is 368 g/mol. The van der Waals surface area contributed by atoms with Crippen molar-refractivity contribution < 1.29 is 39.5 Å². The van der Waals surface area contributed by atoms with E-state index in [9.17, 15) is 9.59 Å². The standard InChI is InChI=1S/C7H12O5.C4H10O.C2H6O2.2C2H4/c1-2-3-12-7(11)5(8)4-6(9)10;1-3-5-4-2;3-1-2-4;2*1-2/h5,8H,2-4H2,1H3,(H,9,10);3-4H2,1-2H3;3-4H,1-2H2;2*1-2H2. The van der Waals surface area contributed by atoms with Gasteiger partial charge in [0.05, 0.1) is 26.2 Å². The molecule has 0 bridgehead atoms. The highest BCUT2D eigenvalue weighted by molar-refractivity contribution is 5.80. The van der Waals surface area contributed by atoms with Crippen molar-refractivity contribution in [2.24, 2.45) is 0 Å². The lowest BCUT2D eigenvalue weighted by atomic mass is 10.2. The first-order chi connectivity index (χ1) is 11.9. The average Bonchev–Trinajstić information content (AvgIpc) is 2.63. The highest BCUT2D eigenvalue weighted by Crippen LogP contribution is 1.95. The van der Waals surface area contributed by atoms with Crippen molar-refractivity contribution in [1.29, 1.82) is 0 Å². The molecule has 0 saturated carbocycles. The first kappa shape index (κ1) is 34.6. The van der Waals surface area contributed by atoms with Crippen molar-refractivity contribution in [3.8, 4) is 0 Å². The van der Waals surface area contributed by atoms with E-state index < -0.39 is 24.5 Å². The van der Waals surface area contributed by atoms with Gasteiger partial charge in [-0.3, -0.25) is 4.79 Å². The van der Waals surface area contributed by atoms with Gasteiger partial charge in [0.25, 0.3) is 0 Å². The lowest BCUT2D eigenvalue weighted by Crippen LogP contribution is -2.26. The quantitative estimate of drug-likeness (QED) is 0.373. The summed E-state index contributed by atoms with van der Waals surface area (Å²) in [6.07, 6.45) is -1.51. The summed E-state index contributed by atoms with van der Waals surface area (Å²) in [5.41, 5.74) is 0. The molecule has 0 spiro atoms. The minimum Gasteiger partial charge on any atom is -0.481 e. The molecule has 0 radical (unpaired) electrons. The maximum absolute atomic E-state index is 10.7. The summed E-state index contributed by atoms with van der Waals surface area (Å²) >= 11 is 0. The molecule has 25 heavy (non-hydrogen) atoms. The molecule has 8 nitrogen and oxygen atoms in total. The molecule has 0 aliphatic rings. The zero-order valence-electron chi connectivity index (χ0n) is 15.8. The van der Waals surface area contributed by atoms with Gasteiger partial charge in [-0.15, -0.1) is 26.3 Å². The molecule has 0 rings (SSSR count). The van der Waals surface area contributed by atoms with Gasteiger partial charge in [-0.05, 0) is 20.3 Å². The van der Waals surface area contributed by atoms with Crippen molar-refractivity contribution in [3.63, 3.8) is 0 Å². The minimum absolute atomic E-state index is 0.125. The number of hydrogen-bond acceptors (Lipinski definition) is 7. The fourth-order valence-corrected chi connectivity index (χ4v) is 0.752. The Morgan fingerprint density at radius 1 is 0.960 bits per heavy atom. The number of aliphatic hydroxyl groups excluding tert-OH is 3. The molecule has 0 heterocycles. The van der Waals surface area contributed by atoms with Gasteiger partial charge in [0, 0.05) is 13.2 Å². The van der Waals surface area contributed by atoms with Gasteiger partial charge in [0.1, 0.15) is 0 Å². The number of carbonyl (C=O) groups excluding carboxylic acids is 1. The van der Waals surface area contributed by atoms with Crippen LogP contribution in [0, 0.1) is 0 Å². The van der Waals surface area contributed by atoms with E-state index in [4.69, 9.17) is 25.2 Å². The predicted molar refractivity (Wildman–Crippen MR) is 98.4 cm³/mol. The van der Waals surface area contributed by atoms with Gasteiger partial charge in [0.15, 0.2) is 6.10 Å². The third kappa shape index (κ3) is 52.0. The minimum atomic E-state index is -1.55. The van der Waals surface area contributed by atoms with E-state index in [-0.39, 0.29) is 19.8 Å². The first-order valence-electron chi connectivity index (χ1n) is 7.76. The molecule has 1 unspecified atom stereocenters. The molecule has 0 aromatic heterocycles. The molecule has 4 N–H and O–H groups in total. The highest BCUT2D eigenvalue weighted by atomic mass is 16.5. The molecule has 1 atom stereocenters. The molecule has 0 fully saturated rings. The molecular weight excluding hydrogens is 332 g/mol. The largest absolute Gasteiger partial charge is 0.481 e. The molecular formula is C17H36O8. The normalized spacial score (nSPS) is 9.04. The SMILES string of the molecule is C=C.C=C.CCCOC(=O)C(O)CC(=O)O.CCOCC.OCCO. The van der Waals surface area contributed by atoms with Crippen LogP contribution in [0.5, 0.6) is 0 Å². The Morgan fingerprint density at radius 3 is 1.56 bits per heavy atom. The lowest BCUT2D eigenvalue weighted by Gasteiger charge is -2.06. The summed E-state index contributed by atoms with van der Waals surface area (Å²) in [4.78, 5) is 20.7. The van der Waals surface area contributed by atoms with E-state index in [2.05, 4.69) is 31.1 Å². The Balaban J connectivity index is -0.0000000851. The second-order valence-corrected chi connectivity index (χ2v) is 3.51. The van der Waals surface area contributed by atoms with E-state index in [0.717, 1.165) is 13.2 Å². The molecule has 0 saturated heterocycles. The van der Waals surface area contributed by atoms with Crippen LogP contribution < -0.4 is 0 Å². The predicted octanol–water partition coefficient (Wildman–Crippen LogP) is 1.39. The Kier molecular flexibility index (Phi) is 52.6. The van der Waals surface area contributed by atoms with Gasteiger partial charge < -0.3 is 29.9 Å². The van der Waals surface area contributed by atoms with Crippen molar-refractivity contribution >= 4 is 11.9 Å². The van der Waals surface area contributed by atoms with Crippen LogP contribution in [0.4, 0.5) is 0 Å². The zero-order chi connectivity index (χ0) is 21.1. The fourth-order valence-electron chi connectivity index (χ4n) is 0.752. The molecule has 0 aromatic carbocycles. The van der Waals surface area contributed by atoms with Crippen LogP contribution in [0.1, 0.15) is 33.6 Å². The maximum atomic E-state index is 10.7. The summed E-state index contributed by atoms with van der Waals surface area (Å²) in [7, 11) is 0. The molecule has 8 heteroatoms. The van der Waals surface area contributed by atoms with Gasteiger partial charge >= 0.3 is 11.9 Å². The van der Waals surface area contributed by atoms with E-state index >= 15 is 0 Å². The van der Waals surface area contributed by atoms with Crippen LogP contribution >= 0.6 is 0 Å². The van der Waals surface area contributed by atoms with Crippen LogP contribution in [0.25, 0.3) is 0 Å². The number of esters is 1. The van der Waals surface area contributed by atoms with Crippen molar-refractivity contribution in [2.75, 3.05) is 33.0 Å². The summed E-state index contributed by atoms with van der Waals surface area (Å²) in [6, 6.07) is 0. The Bertz CT molecular complexity index is 253. The van der Waals surface area contributed by atoms with Gasteiger partial charge in [-0.1, -0.05) is 6.92 Å². The number of rotatable bonds is 8. The first-order valence-corrected chi connectivity index (χ1v) is 7.76. The lowest BCUT2D eigenvalue weighted by molar-refractivity contribution is -0.158. The molecule has 0 aliphatic heterocycles. The number of carboxylic acid groups (broad SMARTS) is 1. The number of ether oxygens (including phenoxy) is 2. The topological polar surface area (TPSA) is 134 Å². The third-order valence-corrected chi connectivity index (χ3v) is 1.60. The molecule has 0 aromatic rings. The molecule has 0 amide bonds. The molecule has 152 valence electrons. The van der Waals surface area contributed by atoms with Crippen LogP contribution in [0.15, 0.2) is 26.3 Å².